The van der Waals surface area contributed by atoms with Crippen LogP contribution in [0.25, 0.3) is 11.0 Å². The number of benzene rings is 1. The van der Waals surface area contributed by atoms with Crippen LogP contribution in [0.5, 0.6) is 0 Å². The molecule has 1 amide bonds. The van der Waals surface area contributed by atoms with Gasteiger partial charge in [0.15, 0.2) is 5.82 Å². The van der Waals surface area contributed by atoms with Gasteiger partial charge in [-0.2, -0.15) is 0 Å². The van der Waals surface area contributed by atoms with E-state index < -0.39 is 0 Å². The monoisotopic (exact) mass is 310 g/mol. The standard InChI is InChI=1S/C16H18N6O/c1-11(22-10-17-13-5-3-4-6-14(13)22)16(23)20-7-8-21-12(2)18-19-15(21)9-20/h3-6,10-11H,7-9H2,1-2H3. The number of amides is 1. The molecule has 2 aromatic heterocycles. The topological polar surface area (TPSA) is 68.8 Å². The second kappa shape index (κ2) is 5.19. The third kappa shape index (κ3) is 2.19. The quantitative estimate of drug-likeness (QED) is 0.720. The summed E-state index contributed by atoms with van der Waals surface area (Å²) in [4.78, 5) is 19.1. The Balaban J connectivity index is 1.59. The molecular weight excluding hydrogens is 292 g/mol. The highest BCUT2D eigenvalue weighted by molar-refractivity contribution is 5.83. The Kier molecular flexibility index (Phi) is 3.14. The Morgan fingerprint density at radius 2 is 2.04 bits per heavy atom. The molecule has 1 aliphatic rings. The summed E-state index contributed by atoms with van der Waals surface area (Å²) < 4.78 is 4.00. The number of carbonyl (C=O) groups excluding carboxylic acids is 1. The van der Waals surface area contributed by atoms with Crippen molar-refractivity contribution in [2.75, 3.05) is 6.54 Å². The van der Waals surface area contributed by atoms with Gasteiger partial charge in [-0.25, -0.2) is 4.98 Å². The van der Waals surface area contributed by atoms with Crippen LogP contribution in [0.2, 0.25) is 0 Å². The highest BCUT2D eigenvalue weighted by Crippen LogP contribution is 2.21. The molecule has 7 nitrogen and oxygen atoms in total. The van der Waals surface area contributed by atoms with E-state index in [0.29, 0.717) is 13.1 Å². The second-order valence-electron chi connectivity index (χ2n) is 5.89. The maximum atomic E-state index is 12.9. The molecular formula is C16H18N6O. The fourth-order valence-electron chi connectivity index (χ4n) is 3.16. The van der Waals surface area contributed by atoms with E-state index in [0.717, 1.165) is 29.2 Å². The summed E-state index contributed by atoms with van der Waals surface area (Å²) in [6, 6.07) is 7.56. The number of carbonyl (C=O) groups is 1. The minimum absolute atomic E-state index is 0.0834. The van der Waals surface area contributed by atoms with Gasteiger partial charge in [0, 0.05) is 13.1 Å². The van der Waals surface area contributed by atoms with Crippen LogP contribution in [0.3, 0.4) is 0 Å². The number of hydrogen-bond donors (Lipinski definition) is 0. The first-order valence-corrected chi connectivity index (χ1v) is 7.74. The third-order valence-corrected chi connectivity index (χ3v) is 4.51. The number of para-hydroxylation sites is 2. The summed E-state index contributed by atoms with van der Waals surface area (Å²) >= 11 is 0. The van der Waals surface area contributed by atoms with Crippen molar-refractivity contribution in [1.82, 2.24) is 29.2 Å². The zero-order chi connectivity index (χ0) is 16.0. The summed E-state index contributed by atoms with van der Waals surface area (Å²) in [5.74, 6) is 1.84. The van der Waals surface area contributed by atoms with Crippen LogP contribution in [0.1, 0.15) is 24.6 Å². The Bertz CT molecular complexity index is 880. The van der Waals surface area contributed by atoms with Crippen molar-refractivity contribution in [3.63, 3.8) is 0 Å². The van der Waals surface area contributed by atoms with Gasteiger partial charge in [-0.05, 0) is 26.0 Å². The van der Waals surface area contributed by atoms with E-state index in [4.69, 9.17) is 0 Å². The number of aromatic nitrogens is 5. The minimum atomic E-state index is -0.294. The summed E-state index contributed by atoms with van der Waals surface area (Å²) in [5, 5.41) is 8.25. The molecule has 3 aromatic rings. The van der Waals surface area contributed by atoms with E-state index in [1.165, 1.54) is 0 Å². The van der Waals surface area contributed by atoms with Gasteiger partial charge in [0.2, 0.25) is 5.91 Å². The third-order valence-electron chi connectivity index (χ3n) is 4.51. The SMILES string of the molecule is Cc1nnc2n1CCN(C(=O)C(C)n1cnc3ccccc31)C2. The fourth-order valence-corrected chi connectivity index (χ4v) is 3.16. The lowest BCUT2D eigenvalue weighted by Gasteiger charge is -2.30. The number of aryl methyl sites for hydroxylation is 1. The van der Waals surface area contributed by atoms with Crippen molar-refractivity contribution in [2.24, 2.45) is 0 Å². The molecule has 1 aromatic carbocycles. The van der Waals surface area contributed by atoms with E-state index in [2.05, 4.69) is 19.7 Å². The smallest absolute Gasteiger partial charge is 0.245 e. The van der Waals surface area contributed by atoms with Crippen LogP contribution < -0.4 is 0 Å². The van der Waals surface area contributed by atoms with Gasteiger partial charge in [-0.1, -0.05) is 12.1 Å². The lowest BCUT2D eigenvalue weighted by Crippen LogP contribution is -2.41. The Labute approximate surface area is 133 Å². The Morgan fingerprint density at radius 3 is 2.91 bits per heavy atom. The first-order chi connectivity index (χ1) is 11.1. The van der Waals surface area contributed by atoms with Crippen molar-refractivity contribution >= 4 is 16.9 Å². The maximum Gasteiger partial charge on any atom is 0.245 e. The van der Waals surface area contributed by atoms with Gasteiger partial charge in [0.25, 0.3) is 0 Å². The number of nitrogens with zero attached hydrogens (tertiary/aromatic N) is 6. The first-order valence-electron chi connectivity index (χ1n) is 7.74. The molecule has 0 saturated heterocycles. The molecule has 7 heteroatoms. The number of rotatable bonds is 2. The average molecular weight is 310 g/mol. The molecule has 1 atom stereocenters. The molecule has 118 valence electrons. The normalized spacial score (nSPS) is 15.7. The van der Waals surface area contributed by atoms with Crippen LogP contribution in [-0.2, 0) is 17.9 Å². The zero-order valence-electron chi connectivity index (χ0n) is 13.2. The predicted octanol–water partition coefficient (Wildman–Crippen LogP) is 1.54. The zero-order valence-corrected chi connectivity index (χ0v) is 13.2. The number of fused-ring (bicyclic) bond motifs is 2. The number of hydrogen-bond acceptors (Lipinski definition) is 4. The molecule has 0 N–H and O–H groups in total. The summed E-state index contributed by atoms with van der Waals surface area (Å²) in [6.45, 7) is 5.80. The van der Waals surface area contributed by atoms with Crippen LogP contribution in [0, 0.1) is 6.92 Å². The van der Waals surface area contributed by atoms with Crippen molar-refractivity contribution < 1.29 is 4.79 Å². The van der Waals surface area contributed by atoms with Gasteiger partial charge in [-0.3, -0.25) is 4.79 Å². The van der Waals surface area contributed by atoms with Gasteiger partial charge < -0.3 is 14.0 Å². The van der Waals surface area contributed by atoms with Crippen LogP contribution in [-0.4, -0.2) is 41.7 Å². The van der Waals surface area contributed by atoms with Gasteiger partial charge in [-0.15, -0.1) is 10.2 Å². The van der Waals surface area contributed by atoms with E-state index in [1.54, 1.807) is 6.33 Å². The van der Waals surface area contributed by atoms with Crippen molar-refractivity contribution in [1.29, 1.82) is 0 Å². The molecule has 0 saturated carbocycles. The Morgan fingerprint density at radius 1 is 1.22 bits per heavy atom. The summed E-state index contributed by atoms with van der Waals surface area (Å²) in [7, 11) is 0. The van der Waals surface area contributed by atoms with Crippen molar-refractivity contribution in [3.05, 3.63) is 42.2 Å². The van der Waals surface area contributed by atoms with Crippen molar-refractivity contribution in [3.8, 4) is 0 Å². The molecule has 0 spiro atoms. The lowest BCUT2D eigenvalue weighted by molar-refractivity contribution is -0.135. The molecule has 0 aliphatic carbocycles. The van der Waals surface area contributed by atoms with Gasteiger partial charge in [0.05, 0.1) is 23.9 Å². The molecule has 4 rings (SSSR count). The summed E-state index contributed by atoms with van der Waals surface area (Å²) in [5.41, 5.74) is 1.88. The largest absolute Gasteiger partial charge is 0.332 e. The lowest BCUT2D eigenvalue weighted by atomic mass is 10.2. The highest BCUT2D eigenvalue weighted by atomic mass is 16.2. The second-order valence-corrected chi connectivity index (χ2v) is 5.89. The van der Waals surface area contributed by atoms with E-state index in [-0.39, 0.29) is 11.9 Å². The van der Waals surface area contributed by atoms with Gasteiger partial charge >= 0.3 is 0 Å². The van der Waals surface area contributed by atoms with E-state index in [9.17, 15) is 4.79 Å². The summed E-state index contributed by atoms with van der Waals surface area (Å²) in [6.07, 6.45) is 1.74. The molecule has 23 heavy (non-hydrogen) atoms. The molecule has 1 aliphatic heterocycles. The maximum absolute atomic E-state index is 12.9. The fraction of sp³-hybridized carbons (Fsp3) is 0.375. The number of imidazole rings is 1. The van der Waals surface area contributed by atoms with Crippen LogP contribution >= 0.6 is 0 Å². The molecule has 0 fully saturated rings. The van der Waals surface area contributed by atoms with E-state index >= 15 is 0 Å². The Hall–Kier alpha value is -2.70. The highest BCUT2D eigenvalue weighted by Gasteiger charge is 2.28. The van der Waals surface area contributed by atoms with E-state index in [1.807, 2.05) is 47.6 Å². The molecule has 0 radical (unpaired) electrons. The van der Waals surface area contributed by atoms with Gasteiger partial charge in [0.1, 0.15) is 11.9 Å². The van der Waals surface area contributed by atoms with Crippen LogP contribution in [0.4, 0.5) is 0 Å². The molecule has 3 heterocycles. The van der Waals surface area contributed by atoms with Crippen LogP contribution in [0.15, 0.2) is 30.6 Å². The average Bonchev–Trinajstić information content (AvgIpc) is 3.17. The van der Waals surface area contributed by atoms with Crippen molar-refractivity contribution in [2.45, 2.75) is 33.0 Å². The molecule has 1 unspecified atom stereocenters. The minimum Gasteiger partial charge on any atom is -0.332 e. The molecule has 0 bridgehead atoms. The first kappa shape index (κ1) is 13.9. The predicted molar refractivity (Wildman–Crippen MR) is 84.6 cm³/mol.